The van der Waals surface area contributed by atoms with Crippen molar-refractivity contribution < 1.29 is 9.90 Å². The van der Waals surface area contributed by atoms with Crippen molar-refractivity contribution in [3.63, 3.8) is 0 Å². The van der Waals surface area contributed by atoms with E-state index in [1.165, 1.54) is 17.7 Å². The molecule has 0 radical (unpaired) electrons. The highest BCUT2D eigenvalue weighted by Gasteiger charge is 2.03. The number of amides is 1. The van der Waals surface area contributed by atoms with Crippen LogP contribution in [0, 0.1) is 0 Å². The molecule has 0 aliphatic carbocycles. The molecule has 4 N–H and O–H groups in total. The van der Waals surface area contributed by atoms with Crippen molar-refractivity contribution in [3.05, 3.63) is 60.2 Å². The van der Waals surface area contributed by atoms with E-state index in [0.717, 1.165) is 25.9 Å². The number of nitrogens with zero attached hydrogens (tertiary/aromatic N) is 1. The molecule has 27 heavy (non-hydrogen) atoms. The summed E-state index contributed by atoms with van der Waals surface area (Å²) in [5.74, 6) is 0.578. The lowest BCUT2D eigenvalue weighted by Crippen LogP contribution is -2.38. The number of rotatable bonds is 8. The van der Waals surface area contributed by atoms with Crippen LogP contribution < -0.4 is 16.0 Å². The molecule has 2 rings (SSSR count). The van der Waals surface area contributed by atoms with Gasteiger partial charge in [0.25, 0.3) is 0 Å². The topological polar surface area (TPSA) is 85.8 Å². The minimum absolute atomic E-state index is 0. The number of phenols is 1. The van der Waals surface area contributed by atoms with Gasteiger partial charge < -0.3 is 21.1 Å². The number of hydrogen-bond donors (Lipinski definition) is 4. The number of carbonyl (C=O) groups excluding carboxylic acids is 1. The Morgan fingerprint density at radius 1 is 1.04 bits per heavy atom. The third kappa shape index (κ3) is 9.28. The van der Waals surface area contributed by atoms with E-state index in [4.69, 9.17) is 0 Å². The Labute approximate surface area is 177 Å². The third-order valence-electron chi connectivity index (χ3n) is 3.65. The summed E-state index contributed by atoms with van der Waals surface area (Å²) >= 11 is 0. The number of nitrogens with one attached hydrogen (secondary N) is 3. The monoisotopic (exact) mass is 482 g/mol. The third-order valence-corrected chi connectivity index (χ3v) is 3.65. The zero-order valence-corrected chi connectivity index (χ0v) is 17.8. The summed E-state index contributed by atoms with van der Waals surface area (Å²) in [6.45, 7) is 3.51. The van der Waals surface area contributed by atoms with Gasteiger partial charge in [-0.3, -0.25) is 4.79 Å². The molecule has 0 atom stereocenters. The predicted molar refractivity (Wildman–Crippen MR) is 121 cm³/mol. The normalized spacial score (nSPS) is 10.6. The van der Waals surface area contributed by atoms with Gasteiger partial charge in [0.15, 0.2) is 5.96 Å². The van der Waals surface area contributed by atoms with Crippen LogP contribution in [0.25, 0.3) is 0 Å². The lowest BCUT2D eigenvalue weighted by atomic mass is 10.1. The van der Waals surface area contributed by atoms with Gasteiger partial charge in [-0.1, -0.05) is 30.3 Å². The van der Waals surface area contributed by atoms with Crippen molar-refractivity contribution in [2.45, 2.75) is 19.8 Å². The maximum atomic E-state index is 12.0. The number of phenolic OH excluding ortho intramolecular Hbond substituents is 1. The van der Waals surface area contributed by atoms with Crippen molar-refractivity contribution >= 4 is 41.5 Å². The van der Waals surface area contributed by atoms with E-state index >= 15 is 0 Å². The quantitative estimate of drug-likeness (QED) is 0.153. The fraction of sp³-hybridized carbons (Fsp3) is 0.300. The number of guanidine groups is 1. The molecule has 6 nitrogen and oxygen atoms in total. The van der Waals surface area contributed by atoms with E-state index in [9.17, 15) is 9.90 Å². The van der Waals surface area contributed by atoms with E-state index < -0.39 is 0 Å². The van der Waals surface area contributed by atoms with Crippen molar-refractivity contribution in [1.82, 2.24) is 10.6 Å². The smallest absolute Gasteiger partial charge is 0.246 e. The summed E-state index contributed by atoms with van der Waals surface area (Å²) in [6, 6.07) is 16.7. The van der Waals surface area contributed by atoms with Gasteiger partial charge >= 0.3 is 0 Å². The van der Waals surface area contributed by atoms with Gasteiger partial charge in [-0.15, -0.1) is 24.0 Å². The van der Waals surface area contributed by atoms with Gasteiger partial charge in [0.1, 0.15) is 12.3 Å². The highest BCUT2D eigenvalue weighted by molar-refractivity contribution is 14.0. The Balaban J connectivity index is 0.00000364. The molecule has 0 aliphatic heterocycles. The standard InChI is InChI=1S/C20H26N4O2.HI/c1-2-21-20(22-14-6-9-16-7-4-3-5-8-16)23-15-19(26)24-17-10-12-18(25)13-11-17;/h3-5,7-8,10-13,25H,2,6,9,14-15H2,1H3,(H,24,26)(H2,21,22,23);1H. The SMILES string of the molecule is CCNC(=NCC(=O)Nc1ccc(O)cc1)NCCCc1ccccc1.I. The number of halogens is 1. The van der Waals surface area contributed by atoms with Gasteiger partial charge in [0, 0.05) is 18.8 Å². The largest absolute Gasteiger partial charge is 0.508 e. The first-order valence-electron chi connectivity index (χ1n) is 8.82. The van der Waals surface area contributed by atoms with E-state index in [-0.39, 0.29) is 42.2 Å². The summed E-state index contributed by atoms with van der Waals surface area (Å²) in [7, 11) is 0. The molecule has 0 bridgehead atoms. The Bertz CT molecular complexity index is 706. The van der Waals surface area contributed by atoms with Gasteiger partial charge in [0.2, 0.25) is 5.91 Å². The second-order valence-electron chi connectivity index (χ2n) is 5.81. The molecule has 1 amide bonds. The van der Waals surface area contributed by atoms with Crippen molar-refractivity contribution in [3.8, 4) is 5.75 Å². The Kier molecular flexibility index (Phi) is 10.9. The zero-order chi connectivity index (χ0) is 18.6. The van der Waals surface area contributed by atoms with Crippen LogP contribution in [0.4, 0.5) is 5.69 Å². The molecule has 0 aromatic heterocycles. The fourth-order valence-electron chi connectivity index (χ4n) is 2.38. The molecule has 0 saturated carbocycles. The average Bonchev–Trinajstić information content (AvgIpc) is 2.66. The first-order valence-corrected chi connectivity index (χ1v) is 8.82. The van der Waals surface area contributed by atoms with Gasteiger partial charge in [-0.25, -0.2) is 4.99 Å². The number of anilines is 1. The summed E-state index contributed by atoms with van der Waals surface area (Å²) in [4.78, 5) is 16.3. The summed E-state index contributed by atoms with van der Waals surface area (Å²) in [6.07, 6.45) is 1.97. The number of aromatic hydroxyl groups is 1. The molecule has 0 unspecified atom stereocenters. The number of carbonyl (C=O) groups is 1. The fourth-order valence-corrected chi connectivity index (χ4v) is 2.38. The molecule has 0 spiro atoms. The van der Waals surface area contributed by atoms with Crippen LogP contribution in [0.2, 0.25) is 0 Å². The molecular weight excluding hydrogens is 455 g/mol. The molecule has 2 aromatic carbocycles. The molecule has 0 saturated heterocycles. The molecular formula is C20H27IN4O2. The summed E-state index contributed by atoms with van der Waals surface area (Å²) in [5.41, 5.74) is 1.94. The molecule has 0 aliphatic rings. The van der Waals surface area contributed by atoms with Gasteiger partial charge in [-0.05, 0) is 49.6 Å². The number of aliphatic imine (C=N–C) groups is 1. The zero-order valence-electron chi connectivity index (χ0n) is 15.4. The van der Waals surface area contributed by atoms with Gasteiger partial charge in [0.05, 0.1) is 0 Å². The molecule has 146 valence electrons. The van der Waals surface area contributed by atoms with Crippen LogP contribution in [0.3, 0.4) is 0 Å². The number of hydrogen-bond acceptors (Lipinski definition) is 3. The summed E-state index contributed by atoms with van der Waals surface area (Å²) in [5, 5.41) is 18.4. The molecule has 2 aromatic rings. The predicted octanol–water partition coefficient (Wildman–Crippen LogP) is 3.14. The highest BCUT2D eigenvalue weighted by Crippen LogP contribution is 2.13. The van der Waals surface area contributed by atoms with Crippen LogP contribution in [-0.4, -0.2) is 36.6 Å². The first-order chi connectivity index (χ1) is 12.7. The van der Waals surface area contributed by atoms with E-state index in [2.05, 4.69) is 33.1 Å². The number of aryl methyl sites for hydroxylation is 1. The van der Waals surface area contributed by atoms with Crippen LogP contribution >= 0.6 is 24.0 Å². The van der Waals surface area contributed by atoms with E-state index in [0.29, 0.717) is 11.6 Å². The Hall–Kier alpha value is -2.29. The van der Waals surface area contributed by atoms with Gasteiger partial charge in [-0.2, -0.15) is 0 Å². The van der Waals surface area contributed by atoms with Crippen molar-refractivity contribution in [1.29, 1.82) is 0 Å². The Morgan fingerprint density at radius 3 is 2.41 bits per heavy atom. The van der Waals surface area contributed by atoms with Crippen molar-refractivity contribution in [2.75, 3.05) is 25.0 Å². The van der Waals surface area contributed by atoms with Crippen LogP contribution in [0.5, 0.6) is 5.75 Å². The molecule has 0 fully saturated rings. The lowest BCUT2D eigenvalue weighted by molar-refractivity contribution is -0.114. The maximum absolute atomic E-state index is 12.0. The first kappa shape index (κ1) is 22.8. The highest BCUT2D eigenvalue weighted by atomic mass is 127. The lowest BCUT2D eigenvalue weighted by Gasteiger charge is -2.11. The molecule has 0 heterocycles. The minimum Gasteiger partial charge on any atom is -0.508 e. The Morgan fingerprint density at radius 2 is 1.74 bits per heavy atom. The van der Waals surface area contributed by atoms with Crippen molar-refractivity contribution in [2.24, 2.45) is 4.99 Å². The van der Waals surface area contributed by atoms with Crippen LogP contribution in [-0.2, 0) is 11.2 Å². The van der Waals surface area contributed by atoms with E-state index in [1.807, 2.05) is 25.1 Å². The summed E-state index contributed by atoms with van der Waals surface area (Å²) < 4.78 is 0. The van der Waals surface area contributed by atoms with E-state index in [1.54, 1.807) is 12.1 Å². The maximum Gasteiger partial charge on any atom is 0.246 e. The number of benzene rings is 2. The van der Waals surface area contributed by atoms with Crippen LogP contribution in [0.1, 0.15) is 18.9 Å². The average molecular weight is 482 g/mol. The molecule has 7 heteroatoms. The minimum atomic E-state index is -0.211. The van der Waals surface area contributed by atoms with Crippen LogP contribution in [0.15, 0.2) is 59.6 Å². The second kappa shape index (κ2) is 13.0. The second-order valence-corrected chi connectivity index (χ2v) is 5.81.